The minimum absolute atomic E-state index is 0.0984. The predicted molar refractivity (Wildman–Crippen MR) is 79.7 cm³/mol. The zero-order valence-corrected chi connectivity index (χ0v) is 13.1. The van der Waals surface area contributed by atoms with Crippen LogP contribution in [0.15, 0.2) is 29.2 Å². The standard InChI is InChI=1S/C14H20ClNO3S/c1-11(17)12-6-7-16(10-12)8-9-20(18,19)14-4-2-13(15)3-5-14/h2-5,11-12,17H,6-10H2,1H3. The minimum atomic E-state index is -3.27. The van der Waals surface area contributed by atoms with Crippen LogP contribution >= 0.6 is 11.6 Å². The van der Waals surface area contributed by atoms with Crippen molar-refractivity contribution in [3.8, 4) is 0 Å². The SMILES string of the molecule is CC(O)C1CCN(CCS(=O)(=O)c2ccc(Cl)cc2)C1. The van der Waals surface area contributed by atoms with E-state index in [2.05, 4.69) is 4.90 Å². The molecule has 0 bridgehead atoms. The van der Waals surface area contributed by atoms with E-state index in [-0.39, 0.29) is 17.8 Å². The molecule has 2 rings (SSSR count). The van der Waals surface area contributed by atoms with Gasteiger partial charge < -0.3 is 10.0 Å². The second-order valence-electron chi connectivity index (χ2n) is 5.36. The maximum atomic E-state index is 12.2. The number of rotatable bonds is 5. The number of hydrogen-bond donors (Lipinski definition) is 1. The Bertz CT molecular complexity index is 542. The molecule has 1 aliphatic rings. The third-order valence-corrected chi connectivity index (χ3v) is 5.80. The fourth-order valence-corrected chi connectivity index (χ4v) is 3.88. The smallest absolute Gasteiger partial charge is 0.179 e. The highest BCUT2D eigenvalue weighted by molar-refractivity contribution is 7.91. The Balaban J connectivity index is 1.92. The molecule has 0 radical (unpaired) electrons. The van der Waals surface area contributed by atoms with Crippen molar-refractivity contribution in [3.63, 3.8) is 0 Å². The van der Waals surface area contributed by atoms with Crippen molar-refractivity contribution in [2.75, 3.05) is 25.4 Å². The van der Waals surface area contributed by atoms with Gasteiger partial charge in [0, 0.05) is 18.1 Å². The van der Waals surface area contributed by atoms with Crippen LogP contribution < -0.4 is 0 Å². The summed E-state index contributed by atoms with van der Waals surface area (Å²) >= 11 is 5.76. The van der Waals surface area contributed by atoms with E-state index in [4.69, 9.17) is 11.6 Å². The van der Waals surface area contributed by atoms with Crippen LogP contribution in [0.3, 0.4) is 0 Å². The van der Waals surface area contributed by atoms with Gasteiger partial charge in [-0.05, 0) is 50.1 Å². The molecule has 0 saturated carbocycles. The average molecular weight is 318 g/mol. The van der Waals surface area contributed by atoms with Gasteiger partial charge in [-0.3, -0.25) is 0 Å². The van der Waals surface area contributed by atoms with Crippen molar-refractivity contribution >= 4 is 21.4 Å². The molecule has 20 heavy (non-hydrogen) atoms. The van der Waals surface area contributed by atoms with Crippen molar-refractivity contribution in [3.05, 3.63) is 29.3 Å². The van der Waals surface area contributed by atoms with Crippen LogP contribution in [0.4, 0.5) is 0 Å². The number of halogens is 1. The van der Waals surface area contributed by atoms with Gasteiger partial charge in [0.15, 0.2) is 9.84 Å². The minimum Gasteiger partial charge on any atom is -0.393 e. The topological polar surface area (TPSA) is 57.6 Å². The maximum absolute atomic E-state index is 12.2. The van der Waals surface area contributed by atoms with Gasteiger partial charge in [0.05, 0.1) is 16.8 Å². The second-order valence-corrected chi connectivity index (χ2v) is 7.91. The molecule has 1 fully saturated rings. The van der Waals surface area contributed by atoms with Gasteiger partial charge in [0.2, 0.25) is 0 Å². The first kappa shape index (κ1) is 15.8. The van der Waals surface area contributed by atoms with E-state index in [9.17, 15) is 13.5 Å². The molecule has 0 aromatic heterocycles. The largest absolute Gasteiger partial charge is 0.393 e. The molecule has 1 N–H and O–H groups in total. The highest BCUT2D eigenvalue weighted by Crippen LogP contribution is 2.20. The lowest BCUT2D eigenvalue weighted by Crippen LogP contribution is -2.29. The molecule has 1 aliphatic heterocycles. The van der Waals surface area contributed by atoms with Crippen molar-refractivity contribution in [1.82, 2.24) is 4.90 Å². The van der Waals surface area contributed by atoms with Crippen LogP contribution in [-0.4, -0.2) is 49.9 Å². The molecule has 1 saturated heterocycles. The van der Waals surface area contributed by atoms with Gasteiger partial charge in [-0.2, -0.15) is 0 Å². The van der Waals surface area contributed by atoms with Gasteiger partial charge in [-0.15, -0.1) is 0 Å². The maximum Gasteiger partial charge on any atom is 0.179 e. The number of nitrogens with zero attached hydrogens (tertiary/aromatic N) is 1. The van der Waals surface area contributed by atoms with Gasteiger partial charge in [-0.1, -0.05) is 11.6 Å². The van der Waals surface area contributed by atoms with E-state index in [1.165, 1.54) is 0 Å². The number of aliphatic hydroxyl groups is 1. The molecule has 1 heterocycles. The number of sulfone groups is 1. The van der Waals surface area contributed by atoms with Crippen molar-refractivity contribution < 1.29 is 13.5 Å². The number of benzene rings is 1. The molecule has 0 spiro atoms. The van der Waals surface area contributed by atoms with Crippen LogP contribution in [0.5, 0.6) is 0 Å². The lowest BCUT2D eigenvalue weighted by atomic mass is 10.0. The molecular formula is C14H20ClNO3S. The van der Waals surface area contributed by atoms with Crippen molar-refractivity contribution in [1.29, 1.82) is 0 Å². The van der Waals surface area contributed by atoms with Crippen molar-refractivity contribution in [2.24, 2.45) is 5.92 Å². The quantitative estimate of drug-likeness (QED) is 0.900. The van der Waals surface area contributed by atoms with Crippen molar-refractivity contribution in [2.45, 2.75) is 24.3 Å². The third-order valence-electron chi connectivity index (χ3n) is 3.84. The second kappa shape index (κ2) is 6.43. The monoisotopic (exact) mass is 317 g/mol. The molecule has 2 unspecified atom stereocenters. The lowest BCUT2D eigenvalue weighted by Gasteiger charge is -2.17. The highest BCUT2D eigenvalue weighted by atomic mass is 35.5. The number of hydrogen-bond acceptors (Lipinski definition) is 4. The zero-order chi connectivity index (χ0) is 14.8. The molecule has 112 valence electrons. The first-order valence-electron chi connectivity index (χ1n) is 6.77. The van der Waals surface area contributed by atoms with Crippen LogP contribution in [0, 0.1) is 5.92 Å². The summed E-state index contributed by atoms with van der Waals surface area (Å²) in [4.78, 5) is 2.42. The molecule has 6 heteroatoms. The molecule has 1 aromatic carbocycles. The van der Waals surface area contributed by atoms with Crippen LogP contribution in [0.1, 0.15) is 13.3 Å². The van der Waals surface area contributed by atoms with Gasteiger partial charge in [0.25, 0.3) is 0 Å². The van der Waals surface area contributed by atoms with E-state index >= 15 is 0 Å². The number of likely N-dealkylation sites (tertiary alicyclic amines) is 1. The first-order valence-corrected chi connectivity index (χ1v) is 8.80. The first-order chi connectivity index (χ1) is 9.38. The average Bonchev–Trinajstić information content (AvgIpc) is 2.86. The van der Waals surface area contributed by atoms with Gasteiger partial charge in [0.1, 0.15) is 0 Å². The normalized spacial score (nSPS) is 22.1. The highest BCUT2D eigenvalue weighted by Gasteiger charge is 2.27. The molecular weight excluding hydrogens is 298 g/mol. The molecule has 1 aromatic rings. The molecule has 0 amide bonds. The fourth-order valence-electron chi connectivity index (χ4n) is 2.47. The summed E-state index contributed by atoms with van der Waals surface area (Å²) in [5, 5.41) is 10.1. The lowest BCUT2D eigenvalue weighted by molar-refractivity contribution is 0.128. The Morgan fingerprint density at radius 3 is 2.60 bits per heavy atom. The number of aliphatic hydroxyl groups excluding tert-OH is 1. The summed E-state index contributed by atoms with van der Waals surface area (Å²) < 4.78 is 24.4. The Hall–Kier alpha value is -0.620. The van der Waals surface area contributed by atoms with E-state index in [0.29, 0.717) is 16.5 Å². The summed E-state index contributed by atoms with van der Waals surface area (Å²) in [6.07, 6.45) is 0.603. The molecule has 0 aliphatic carbocycles. The summed E-state index contributed by atoms with van der Waals surface area (Å²) in [7, 11) is -3.27. The summed E-state index contributed by atoms with van der Waals surface area (Å²) in [6, 6.07) is 6.27. The summed E-state index contributed by atoms with van der Waals surface area (Å²) in [5.74, 6) is 0.356. The Morgan fingerprint density at radius 2 is 2.05 bits per heavy atom. The molecule has 4 nitrogen and oxygen atoms in total. The van der Waals surface area contributed by atoms with Crippen LogP contribution in [0.2, 0.25) is 5.02 Å². The Morgan fingerprint density at radius 1 is 1.40 bits per heavy atom. The van der Waals surface area contributed by atoms with E-state index in [1.807, 2.05) is 0 Å². The summed E-state index contributed by atoms with van der Waals surface area (Å²) in [5.41, 5.74) is 0. The summed E-state index contributed by atoms with van der Waals surface area (Å²) in [6.45, 7) is 3.92. The van der Waals surface area contributed by atoms with Crippen LogP contribution in [0.25, 0.3) is 0 Å². The van der Waals surface area contributed by atoms with E-state index in [1.54, 1.807) is 31.2 Å². The van der Waals surface area contributed by atoms with Gasteiger partial charge >= 0.3 is 0 Å². The van der Waals surface area contributed by atoms with Gasteiger partial charge in [-0.25, -0.2) is 8.42 Å². The van der Waals surface area contributed by atoms with E-state index < -0.39 is 9.84 Å². The molecule has 2 atom stereocenters. The van der Waals surface area contributed by atoms with Crippen LogP contribution in [-0.2, 0) is 9.84 Å². The fraction of sp³-hybridized carbons (Fsp3) is 0.571. The third kappa shape index (κ3) is 3.95. The predicted octanol–water partition coefficient (Wildman–Crippen LogP) is 1.82. The van der Waals surface area contributed by atoms with E-state index in [0.717, 1.165) is 19.5 Å². The Labute approximate surface area is 125 Å². The Kier molecular flexibility index (Phi) is 5.07. The zero-order valence-electron chi connectivity index (χ0n) is 11.5.